The molecule has 1 aliphatic rings. The highest BCUT2D eigenvalue weighted by Crippen LogP contribution is 2.38. The lowest BCUT2D eigenvalue weighted by Crippen LogP contribution is -2.47. The van der Waals surface area contributed by atoms with Crippen molar-refractivity contribution >= 4 is 33.9 Å². The third kappa shape index (κ3) is 5.79. The second-order valence-electron chi connectivity index (χ2n) is 11.6. The van der Waals surface area contributed by atoms with Crippen LogP contribution in [0.4, 0.5) is 0 Å². The lowest BCUT2D eigenvalue weighted by atomic mass is 9.85. The van der Waals surface area contributed by atoms with Gasteiger partial charge in [0.2, 0.25) is 5.91 Å². The molecule has 0 unspecified atom stereocenters. The number of fused-ring (bicyclic) bond motifs is 2. The van der Waals surface area contributed by atoms with E-state index in [0.717, 1.165) is 35.6 Å². The van der Waals surface area contributed by atoms with Crippen molar-refractivity contribution in [2.45, 2.75) is 58.4 Å². The first-order valence-electron chi connectivity index (χ1n) is 14.0. The van der Waals surface area contributed by atoms with Crippen molar-refractivity contribution in [3.05, 3.63) is 105 Å². The Morgan fingerprint density at radius 3 is 2.44 bits per heavy atom. The van der Waals surface area contributed by atoms with Crippen molar-refractivity contribution in [1.29, 1.82) is 0 Å². The Kier molecular flexibility index (Phi) is 7.90. The fourth-order valence-electron chi connectivity index (χ4n) is 5.47. The molecule has 202 valence electrons. The summed E-state index contributed by atoms with van der Waals surface area (Å²) < 4.78 is 0. The molecule has 0 N–H and O–H groups in total. The van der Waals surface area contributed by atoms with Gasteiger partial charge in [0.1, 0.15) is 6.54 Å². The first-order chi connectivity index (χ1) is 18.8. The first-order valence-corrected chi connectivity index (χ1v) is 14.9. The minimum absolute atomic E-state index is 0.00184. The van der Waals surface area contributed by atoms with Crippen LogP contribution in [0.5, 0.6) is 0 Å². The van der Waals surface area contributed by atoms with E-state index in [4.69, 9.17) is 0 Å². The Morgan fingerprint density at radius 2 is 1.72 bits per heavy atom. The summed E-state index contributed by atoms with van der Waals surface area (Å²) in [6.07, 6.45) is 2.67. The number of hydrogen-bond acceptors (Lipinski definition) is 3. The number of nitrogens with zero attached hydrogens (tertiary/aromatic N) is 2. The van der Waals surface area contributed by atoms with Crippen molar-refractivity contribution in [3.63, 3.8) is 0 Å². The van der Waals surface area contributed by atoms with E-state index in [2.05, 4.69) is 63.4 Å². The monoisotopic (exact) mass is 538 g/mol. The molecule has 1 aromatic heterocycles. The predicted octanol–water partition coefficient (Wildman–Crippen LogP) is 7.62. The summed E-state index contributed by atoms with van der Waals surface area (Å²) in [5.74, 6) is -0.0798. The molecular formula is C34H38N2O2S. The molecule has 0 aliphatic carbocycles. The molecule has 0 saturated carbocycles. The van der Waals surface area contributed by atoms with Gasteiger partial charge in [-0.05, 0) is 69.3 Å². The number of amides is 2. The molecule has 39 heavy (non-hydrogen) atoms. The second-order valence-corrected chi connectivity index (χ2v) is 12.6. The largest absolute Gasteiger partial charge is 0.330 e. The Labute approximate surface area is 236 Å². The van der Waals surface area contributed by atoms with Crippen molar-refractivity contribution in [1.82, 2.24) is 9.80 Å². The summed E-state index contributed by atoms with van der Waals surface area (Å²) in [5.41, 5.74) is 4.31. The molecule has 1 aliphatic heterocycles. The van der Waals surface area contributed by atoms with E-state index < -0.39 is 0 Å². The molecule has 5 heteroatoms. The molecule has 0 radical (unpaired) electrons. The quantitative estimate of drug-likeness (QED) is 0.243. The number of hydrogen-bond donors (Lipinski definition) is 0. The molecule has 3 aromatic carbocycles. The number of thiophene rings is 1. The average Bonchev–Trinajstić information content (AvgIpc) is 3.42. The van der Waals surface area contributed by atoms with Gasteiger partial charge in [-0.1, -0.05) is 88.7 Å². The topological polar surface area (TPSA) is 40.6 Å². The number of carbonyl (C=O) groups is 2. The fraction of sp³-hybridized carbons (Fsp3) is 0.353. The first kappa shape index (κ1) is 27.1. The molecule has 4 nitrogen and oxygen atoms in total. The smallest absolute Gasteiger partial charge is 0.254 e. The van der Waals surface area contributed by atoms with Crippen molar-refractivity contribution in [2.75, 3.05) is 19.6 Å². The van der Waals surface area contributed by atoms with Gasteiger partial charge in [0, 0.05) is 23.5 Å². The highest BCUT2D eigenvalue weighted by Gasteiger charge is 2.34. The Bertz CT molecular complexity index is 1460. The van der Waals surface area contributed by atoms with Crippen LogP contribution >= 0.6 is 11.3 Å². The Hall–Kier alpha value is -3.44. The van der Waals surface area contributed by atoms with Gasteiger partial charge in [0.25, 0.3) is 5.91 Å². The van der Waals surface area contributed by atoms with Gasteiger partial charge in [-0.15, -0.1) is 11.3 Å². The molecule has 1 atom stereocenters. The maximum atomic E-state index is 14.0. The van der Waals surface area contributed by atoms with E-state index in [9.17, 15) is 9.59 Å². The van der Waals surface area contributed by atoms with E-state index >= 15 is 0 Å². The zero-order chi connectivity index (χ0) is 27.6. The minimum atomic E-state index is -0.134. The van der Waals surface area contributed by atoms with Crippen molar-refractivity contribution in [3.8, 4) is 0 Å². The van der Waals surface area contributed by atoms with Gasteiger partial charge in [-0.2, -0.15) is 0 Å². The Morgan fingerprint density at radius 1 is 0.974 bits per heavy atom. The van der Waals surface area contributed by atoms with Gasteiger partial charge in [-0.25, -0.2) is 0 Å². The van der Waals surface area contributed by atoms with Gasteiger partial charge in [0.15, 0.2) is 0 Å². The van der Waals surface area contributed by atoms with E-state index in [-0.39, 0.29) is 29.8 Å². The summed E-state index contributed by atoms with van der Waals surface area (Å²) in [7, 11) is 0. The van der Waals surface area contributed by atoms with Crippen LogP contribution in [0.3, 0.4) is 0 Å². The second kappa shape index (κ2) is 11.4. The zero-order valence-electron chi connectivity index (χ0n) is 23.4. The number of rotatable bonds is 7. The van der Waals surface area contributed by atoms with Gasteiger partial charge < -0.3 is 9.80 Å². The molecule has 2 heterocycles. The van der Waals surface area contributed by atoms with Crippen LogP contribution in [0.25, 0.3) is 10.8 Å². The third-order valence-corrected chi connectivity index (χ3v) is 8.77. The predicted molar refractivity (Wildman–Crippen MR) is 161 cm³/mol. The molecule has 0 saturated heterocycles. The lowest BCUT2D eigenvalue weighted by Gasteiger charge is -2.38. The number of carbonyl (C=O) groups excluding carboxylic acids is 2. The van der Waals surface area contributed by atoms with E-state index in [1.165, 1.54) is 16.0 Å². The molecular weight excluding hydrogens is 500 g/mol. The van der Waals surface area contributed by atoms with Gasteiger partial charge >= 0.3 is 0 Å². The molecule has 4 aromatic rings. The van der Waals surface area contributed by atoms with Crippen molar-refractivity contribution in [2.24, 2.45) is 0 Å². The third-order valence-electron chi connectivity index (χ3n) is 7.77. The molecule has 0 bridgehead atoms. The van der Waals surface area contributed by atoms with Crippen LogP contribution < -0.4 is 0 Å². The van der Waals surface area contributed by atoms with Crippen LogP contribution in [-0.4, -0.2) is 41.2 Å². The fourth-order valence-corrected chi connectivity index (χ4v) is 6.37. The Balaban J connectivity index is 1.43. The summed E-state index contributed by atoms with van der Waals surface area (Å²) in [6, 6.07) is 24.6. The lowest BCUT2D eigenvalue weighted by molar-refractivity contribution is -0.134. The summed E-state index contributed by atoms with van der Waals surface area (Å²) in [5, 5.41) is 4.27. The maximum absolute atomic E-state index is 14.0. The molecule has 5 rings (SSSR count). The standard InChI is InChI=1S/C34H38N2O2S/c1-5-6-19-35(33(38)27-12-11-24-9-7-8-10-26(24)22-27)23-31(37)36-20-17-30-29(18-21-39-30)32(36)25-13-15-28(16-14-25)34(2,3)4/h7-16,18,21-22,32H,5-6,17,19-20,23H2,1-4H3/t32-/m1/s1. The summed E-state index contributed by atoms with van der Waals surface area (Å²) >= 11 is 1.77. The van der Waals surface area contributed by atoms with Crippen LogP contribution in [0.2, 0.25) is 0 Å². The van der Waals surface area contributed by atoms with Crippen LogP contribution in [-0.2, 0) is 16.6 Å². The van der Waals surface area contributed by atoms with Crippen LogP contribution in [0.15, 0.2) is 78.2 Å². The highest BCUT2D eigenvalue weighted by atomic mass is 32.1. The zero-order valence-corrected chi connectivity index (χ0v) is 24.3. The van der Waals surface area contributed by atoms with Crippen molar-refractivity contribution < 1.29 is 9.59 Å². The van der Waals surface area contributed by atoms with E-state index in [1.807, 2.05) is 47.4 Å². The van der Waals surface area contributed by atoms with Crippen LogP contribution in [0, 0.1) is 0 Å². The minimum Gasteiger partial charge on any atom is -0.330 e. The van der Waals surface area contributed by atoms with Crippen LogP contribution in [0.1, 0.15) is 78.5 Å². The summed E-state index contributed by atoms with van der Waals surface area (Å²) in [4.78, 5) is 32.8. The van der Waals surface area contributed by atoms with E-state index in [1.54, 1.807) is 16.2 Å². The normalized spacial score (nSPS) is 15.3. The summed E-state index contributed by atoms with van der Waals surface area (Å²) in [6.45, 7) is 10.1. The molecule has 0 spiro atoms. The maximum Gasteiger partial charge on any atom is 0.254 e. The van der Waals surface area contributed by atoms with Gasteiger partial charge in [-0.3, -0.25) is 9.59 Å². The average molecular weight is 539 g/mol. The molecule has 0 fully saturated rings. The number of benzene rings is 3. The molecule has 2 amide bonds. The highest BCUT2D eigenvalue weighted by molar-refractivity contribution is 7.10. The number of unbranched alkanes of at least 4 members (excludes halogenated alkanes) is 1. The van der Waals surface area contributed by atoms with Gasteiger partial charge in [0.05, 0.1) is 6.04 Å². The SMILES string of the molecule is CCCCN(CC(=O)N1CCc2sccc2[C@H]1c1ccc(C(C)(C)C)cc1)C(=O)c1ccc2ccccc2c1. The van der Waals surface area contributed by atoms with E-state index in [0.29, 0.717) is 18.7 Å².